The molecule has 0 atom stereocenters. The van der Waals surface area contributed by atoms with E-state index >= 15 is 0 Å². The van der Waals surface area contributed by atoms with Crippen LogP contribution in [0.2, 0.25) is 0 Å². The van der Waals surface area contributed by atoms with Gasteiger partial charge in [0.2, 0.25) is 0 Å². The van der Waals surface area contributed by atoms with Crippen molar-refractivity contribution in [2.75, 3.05) is 11.9 Å². The molecule has 0 saturated carbocycles. The number of nitrogens with zero attached hydrogens (tertiary/aromatic N) is 1. The number of anilines is 1. The van der Waals surface area contributed by atoms with Crippen LogP contribution in [0.4, 0.5) is 23.7 Å². The average molecular weight is 521 g/mol. The third-order valence-electron chi connectivity index (χ3n) is 5.07. The summed E-state index contributed by atoms with van der Waals surface area (Å²) in [4.78, 5) is 14.0. The molecule has 3 rings (SSSR count). The molecule has 0 saturated heterocycles. The first kappa shape index (κ1) is 27.1. The standard InChI is InChI=1S/C26H27F3N2O4S/c1-18(2)16-31(25(32)30-22-10-4-7-19(3)13-22)17-20-8-5-11-23(14-20)35-36(33,34)24-12-6-9-21(15-24)26(27,28)29/h4-15,18H,16-17H2,1-3H3,(H,30,32). The van der Waals surface area contributed by atoms with Crippen molar-refractivity contribution in [2.45, 2.75) is 38.4 Å². The van der Waals surface area contributed by atoms with Gasteiger partial charge in [0.05, 0.1) is 5.56 Å². The number of carbonyl (C=O) groups excluding carboxylic acids is 1. The Morgan fingerprint density at radius 2 is 1.69 bits per heavy atom. The van der Waals surface area contributed by atoms with Crippen LogP contribution in [0.3, 0.4) is 0 Å². The van der Waals surface area contributed by atoms with E-state index in [1.54, 1.807) is 23.1 Å². The van der Waals surface area contributed by atoms with Gasteiger partial charge in [-0.15, -0.1) is 0 Å². The number of amides is 2. The Kier molecular flexibility index (Phi) is 8.29. The van der Waals surface area contributed by atoms with Gasteiger partial charge >= 0.3 is 22.3 Å². The maximum atomic E-state index is 13.0. The van der Waals surface area contributed by atoms with Gasteiger partial charge in [-0.3, -0.25) is 0 Å². The van der Waals surface area contributed by atoms with E-state index in [9.17, 15) is 26.4 Å². The van der Waals surface area contributed by atoms with Gasteiger partial charge in [-0.25, -0.2) is 4.79 Å². The second kappa shape index (κ2) is 11.0. The van der Waals surface area contributed by atoms with E-state index in [1.807, 2.05) is 39.0 Å². The number of carbonyl (C=O) groups is 1. The molecule has 36 heavy (non-hydrogen) atoms. The van der Waals surface area contributed by atoms with E-state index in [0.29, 0.717) is 23.9 Å². The van der Waals surface area contributed by atoms with Crippen LogP contribution in [-0.4, -0.2) is 25.9 Å². The summed E-state index contributed by atoms with van der Waals surface area (Å²) >= 11 is 0. The number of aryl methyl sites for hydroxylation is 1. The maximum Gasteiger partial charge on any atom is 0.416 e. The van der Waals surface area contributed by atoms with Gasteiger partial charge in [-0.1, -0.05) is 44.2 Å². The molecule has 0 heterocycles. The van der Waals surface area contributed by atoms with Crippen LogP contribution in [-0.2, 0) is 22.8 Å². The first-order chi connectivity index (χ1) is 16.8. The Bertz CT molecular complexity index is 1320. The lowest BCUT2D eigenvalue weighted by Gasteiger charge is -2.25. The Hall–Kier alpha value is -3.53. The molecule has 6 nitrogen and oxygen atoms in total. The zero-order chi connectivity index (χ0) is 26.5. The molecule has 0 aromatic heterocycles. The highest BCUT2D eigenvalue weighted by molar-refractivity contribution is 7.87. The van der Waals surface area contributed by atoms with Crippen LogP contribution in [0.5, 0.6) is 5.75 Å². The average Bonchev–Trinajstić information content (AvgIpc) is 2.78. The number of benzene rings is 3. The largest absolute Gasteiger partial charge is 0.416 e. The summed E-state index contributed by atoms with van der Waals surface area (Å²) in [6.07, 6.45) is -4.69. The molecule has 0 bridgehead atoms. The molecule has 0 radical (unpaired) electrons. The predicted octanol–water partition coefficient (Wildman–Crippen LogP) is 6.47. The number of urea groups is 1. The van der Waals surface area contributed by atoms with Crippen LogP contribution in [0.25, 0.3) is 0 Å². The summed E-state index contributed by atoms with van der Waals surface area (Å²) in [6.45, 7) is 6.45. The zero-order valence-corrected chi connectivity index (χ0v) is 20.9. The van der Waals surface area contributed by atoms with Crippen molar-refractivity contribution in [3.05, 3.63) is 89.5 Å². The second-order valence-electron chi connectivity index (χ2n) is 8.78. The van der Waals surface area contributed by atoms with E-state index in [2.05, 4.69) is 5.32 Å². The van der Waals surface area contributed by atoms with E-state index in [4.69, 9.17) is 4.18 Å². The molecule has 0 unspecified atom stereocenters. The van der Waals surface area contributed by atoms with Gasteiger partial charge in [-0.05, 0) is 66.4 Å². The van der Waals surface area contributed by atoms with Crippen LogP contribution < -0.4 is 9.50 Å². The quantitative estimate of drug-likeness (QED) is 0.346. The fourth-order valence-electron chi connectivity index (χ4n) is 3.50. The lowest BCUT2D eigenvalue weighted by Crippen LogP contribution is -2.37. The van der Waals surface area contributed by atoms with Gasteiger partial charge in [0.25, 0.3) is 0 Å². The summed E-state index contributed by atoms with van der Waals surface area (Å²) in [5.74, 6) is 0.0856. The number of rotatable bonds is 8. The van der Waals surface area contributed by atoms with E-state index in [-0.39, 0.29) is 24.2 Å². The molecule has 0 fully saturated rings. The van der Waals surface area contributed by atoms with Crippen molar-refractivity contribution < 1.29 is 30.6 Å². The van der Waals surface area contributed by atoms with Gasteiger partial charge in [-0.2, -0.15) is 21.6 Å². The molecule has 0 aliphatic rings. The van der Waals surface area contributed by atoms with Crippen molar-refractivity contribution >= 4 is 21.8 Å². The number of hydrogen-bond acceptors (Lipinski definition) is 4. The van der Waals surface area contributed by atoms with E-state index < -0.39 is 26.8 Å². The van der Waals surface area contributed by atoms with Gasteiger partial charge in [0.15, 0.2) is 0 Å². The van der Waals surface area contributed by atoms with Crippen molar-refractivity contribution in [2.24, 2.45) is 5.92 Å². The lowest BCUT2D eigenvalue weighted by atomic mass is 10.1. The first-order valence-electron chi connectivity index (χ1n) is 11.2. The molecule has 3 aromatic carbocycles. The summed E-state index contributed by atoms with van der Waals surface area (Å²) < 4.78 is 69.4. The van der Waals surface area contributed by atoms with Crippen LogP contribution in [0.1, 0.15) is 30.5 Å². The molecule has 0 spiro atoms. The predicted molar refractivity (Wildman–Crippen MR) is 131 cm³/mol. The minimum absolute atomic E-state index is 0.0755. The van der Waals surface area contributed by atoms with E-state index in [1.165, 1.54) is 12.1 Å². The summed E-state index contributed by atoms with van der Waals surface area (Å²) in [7, 11) is -4.51. The molecule has 10 heteroatoms. The maximum absolute atomic E-state index is 13.0. The molecule has 3 aromatic rings. The molecular weight excluding hydrogens is 493 g/mol. The fourth-order valence-corrected chi connectivity index (χ4v) is 4.47. The highest BCUT2D eigenvalue weighted by Gasteiger charge is 2.32. The minimum atomic E-state index is -4.69. The fraction of sp³-hybridized carbons (Fsp3) is 0.269. The topological polar surface area (TPSA) is 75.7 Å². The van der Waals surface area contributed by atoms with Crippen molar-refractivity contribution in [3.63, 3.8) is 0 Å². The summed E-state index contributed by atoms with van der Waals surface area (Å²) in [5, 5.41) is 2.87. The van der Waals surface area contributed by atoms with E-state index in [0.717, 1.165) is 23.8 Å². The zero-order valence-electron chi connectivity index (χ0n) is 20.0. The highest BCUT2D eigenvalue weighted by atomic mass is 32.2. The Morgan fingerprint density at radius 3 is 2.36 bits per heavy atom. The monoisotopic (exact) mass is 520 g/mol. The summed E-state index contributed by atoms with van der Waals surface area (Å²) in [5.41, 5.74) is 1.14. The van der Waals surface area contributed by atoms with Gasteiger partial charge < -0.3 is 14.4 Å². The van der Waals surface area contributed by atoms with Crippen LogP contribution in [0.15, 0.2) is 77.7 Å². The normalized spacial score (nSPS) is 11.9. The molecule has 192 valence electrons. The van der Waals surface area contributed by atoms with Gasteiger partial charge in [0.1, 0.15) is 10.6 Å². The van der Waals surface area contributed by atoms with Crippen molar-refractivity contribution in [1.82, 2.24) is 4.90 Å². The third kappa shape index (κ3) is 7.48. The third-order valence-corrected chi connectivity index (χ3v) is 6.31. The lowest BCUT2D eigenvalue weighted by molar-refractivity contribution is -0.137. The molecular formula is C26H27F3N2O4S. The molecule has 1 N–H and O–H groups in total. The Labute approximate surface area is 208 Å². The summed E-state index contributed by atoms with van der Waals surface area (Å²) in [6, 6.07) is 16.5. The van der Waals surface area contributed by atoms with Crippen LogP contribution >= 0.6 is 0 Å². The number of hydrogen-bond donors (Lipinski definition) is 1. The smallest absolute Gasteiger partial charge is 0.379 e. The number of alkyl halides is 3. The van der Waals surface area contributed by atoms with Crippen LogP contribution in [0, 0.1) is 12.8 Å². The SMILES string of the molecule is Cc1cccc(NC(=O)N(Cc2cccc(OS(=O)(=O)c3cccc(C(F)(F)F)c3)c2)CC(C)C)c1. The molecule has 0 aliphatic carbocycles. The molecule has 2 amide bonds. The van der Waals surface area contributed by atoms with Gasteiger partial charge in [0, 0.05) is 18.8 Å². The Balaban J connectivity index is 1.79. The Morgan fingerprint density at radius 1 is 1.00 bits per heavy atom. The number of nitrogens with one attached hydrogen (secondary N) is 1. The molecule has 0 aliphatic heterocycles. The highest BCUT2D eigenvalue weighted by Crippen LogP contribution is 2.31. The second-order valence-corrected chi connectivity index (χ2v) is 10.3. The first-order valence-corrected chi connectivity index (χ1v) is 12.6. The minimum Gasteiger partial charge on any atom is -0.379 e. The number of halogens is 3. The van der Waals surface area contributed by atoms with Crippen molar-refractivity contribution in [1.29, 1.82) is 0 Å². The van der Waals surface area contributed by atoms with Crippen molar-refractivity contribution in [3.8, 4) is 5.75 Å².